The summed E-state index contributed by atoms with van der Waals surface area (Å²) in [6.07, 6.45) is 3.37. The predicted molar refractivity (Wildman–Crippen MR) is 69.0 cm³/mol. The SMILES string of the molecule is Cc1ccc(-c2nc(C3CCCCN3)no2)cc1F. The molecule has 19 heavy (non-hydrogen) atoms. The van der Waals surface area contributed by atoms with Gasteiger partial charge >= 0.3 is 0 Å². The molecule has 1 atom stereocenters. The summed E-state index contributed by atoms with van der Waals surface area (Å²) in [6.45, 7) is 2.71. The molecule has 1 aliphatic heterocycles. The average molecular weight is 261 g/mol. The van der Waals surface area contributed by atoms with E-state index in [0.29, 0.717) is 22.8 Å². The van der Waals surface area contributed by atoms with Gasteiger partial charge in [-0.05, 0) is 44.0 Å². The van der Waals surface area contributed by atoms with Crippen LogP contribution in [0.5, 0.6) is 0 Å². The highest BCUT2D eigenvalue weighted by Gasteiger charge is 2.20. The van der Waals surface area contributed by atoms with Crippen LogP contribution in [0.15, 0.2) is 22.7 Å². The number of rotatable bonds is 2. The Bertz CT molecular complexity index is 576. The van der Waals surface area contributed by atoms with Crippen molar-refractivity contribution in [2.24, 2.45) is 0 Å². The van der Waals surface area contributed by atoms with E-state index in [1.54, 1.807) is 19.1 Å². The molecule has 0 amide bonds. The van der Waals surface area contributed by atoms with Crippen molar-refractivity contribution in [2.45, 2.75) is 32.2 Å². The van der Waals surface area contributed by atoms with E-state index in [4.69, 9.17) is 4.52 Å². The van der Waals surface area contributed by atoms with Crippen molar-refractivity contribution >= 4 is 0 Å². The molecule has 1 unspecified atom stereocenters. The van der Waals surface area contributed by atoms with Gasteiger partial charge in [0.1, 0.15) is 5.82 Å². The van der Waals surface area contributed by atoms with Gasteiger partial charge in [-0.15, -0.1) is 0 Å². The van der Waals surface area contributed by atoms with Gasteiger partial charge in [0.15, 0.2) is 5.82 Å². The maximum absolute atomic E-state index is 13.5. The van der Waals surface area contributed by atoms with Gasteiger partial charge in [0.2, 0.25) is 0 Å². The Hall–Kier alpha value is -1.75. The van der Waals surface area contributed by atoms with Crippen LogP contribution in [0, 0.1) is 12.7 Å². The molecule has 0 radical (unpaired) electrons. The first-order valence-corrected chi connectivity index (χ1v) is 6.57. The number of aryl methyl sites for hydroxylation is 1. The third kappa shape index (κ3) is 2.51. The lowest BCUT2D eigenvalue weighted by Gasteiger charge is -2.19. The van der Waals surface area contributed by atoms with Crippen LogP contribution < -0.4 is 5.32 Å². The molecule has 1 aromatic carbocycles. The minimum Gasteiger partial charge on any atom is -0.334 e. The van der Waals surface area contributed by atoms with Gasteiger partial charge in [-0.25, -0.2) is 4.39 Å². The van der Waals surface area contributed by atoms with Gasteiger partial charge < -0.3 is 9.84 Å². The maximum Gasteiger partial charge on any atom is 0.258 e. The van der Waals surface area contributed by atoms with E-state index in [0.717, 1.165) is 13.0 Å². The van der Waals surface area contributed by atoms with Gasteiger partial charge in [0.05, 0.1) is 6.04 Å². The lowest BCUT2D eigenvalue weighted by molar-refractivity contribution is 0.367. The zero-order chi connectivity index (χ0) is 13.2. The zero-order valence-electron chi connectivity index (χ0n) is 10.8. The van der Waals surface area contributed by atoms with Crippen LogP contribution >= 0.6 is 0 Å². The van der Waals surface area contributed by atoms with Crippen LogP contribution in [0.3, 0.4) is 0 Å². The minimum atomic E-state index is -0.256. The molecule has 2 heterocycles. The summed E-state index contributed by atoms with van der Waals surface area (Å²) in [4.78, 5) is 4.37. The Morgan fingerprint density at radius 3 is 3.00 bits per heavy atom. The normalized spacial score (nSPS) is 19.6. The monoisotopic (exact) mass is 261 g/mol. The minimum absolute atomic E-state index is 0.154. The molecule has 0 saturated carbocycles. The molecule has 2 aromatic rings. The largest absolute Gasteiger partial charge is 0.334 e. The third-order valence-electron chi connectivity index (χ3n) is 3.48. The van der Waals surface area contributed by atoms with Crippen LogP contribution in [0.25, 0.3) is 11.5 Å². The van der Waals surface area contributed by atoms with Crippen molar-refractivity contribution in [1.29, 1.82) is 0 Å². The Morgan fingerprint density at radius 2 is 2.26 bits per heavy atom. The van der Waals surface area contributed by atoms with Gasteiger partial charge in [-0.3, -0.25) is 0 Å². The van der Waals surface area contributed by atoms with E-state index in [-0.39, 0.29) is 11.9 Å². The highest BCUT2D eigenvalue weighted by molar-refractivity contribution is 5.53. The predicted octanol–water partition coefficient (Wildman–Crippen LogP) is 3.00. The second-order valence-electron chi connectivity index (χ2n) is 4.92. The Kier molecular flexibility index (Phi) is 3.29. The maximum atomic E-state index is 13.5. The van der Waals surface area contributed by atoms with Crippen LogP contribution in [-0.4, -0.2) is 16.7 Å². The molecule has 1 N–H and O–H groups in total. The van der Waals surface area contributed by atoms with Crippen LogP contribution in [0.2, 0.25) is 0 Å². The highest BCUT2D eigenvalue weighted by Crippen LogP contribution is 2.24. The Morgan fingerprint density at radius 1 is 1.37 bits per heavy atom. The van der Waals surface area contributed by atoms with E-state index in [9.17, 15) is 4.39 Å². The van der Waals surface area contributed by atoms with E-state index in [1.807, 2.05) is 0 Å². The number of halogens is 1. The highest BCUT2D eigenvalue weighted by atomic mass is 19.1. The fourth-order valence-electron chi connectivity index (χ4n) is 2.29. The average Bonchev–Trinajstić information content (AvgIpc) is 2.93. The second-order valence-corrected chi connectivity index (χ2v) is 4.92. The molecule has 1 saturated heterocycles. The summed E-state index contributed by atoms with van der Waals surface area (Å²) in [5.41, 5.74) is 1.23. The number of hydrogen-bond acceptors (Lipinski definition) is 4. The number of aromatic nitrogens is 2. The lowest BCUT2D eigenvalue weighted by Crippen LogP contribution is -2.27. The van der Waals surface area contributed by atoms with Crippen LogP contribution in [0.1, 0.15) is 36.7 Å². The molecule has 3 rings (SSSR count). The number of piperidine rings is 1. The first-order chi connectivity index (χ1) is 9.24. The molecule has 5 heteroatoms. The molecular formula is C14H16FN3O. The van der Waals surface area contributed by atoms with Gasteiger partial charge in [-0.2, -0.15) is 4.98 Å². The van der Waals surface area contributed by atoms with Crippen molar-refractivity contribution in [3.63, 3.8) is 0 Å². The lowest BCUT2D eigenvalue weighted by atomic mass is 10.0. The summed E-state index contributed by atoms with van der Waals surface area (Å²) in [6, 6.07) is 5.10. The standard InChI is InChI=1S/C14H16FN3O/c1-9-5-6-10(8-11(9)15)14-17-13(18-19-14)12-4-2-3-7-16-12/h5-6,8,12,16H,2-4,7H2,1H3. The topological polar surface area (TPSA) is 51.0 Å². The van der Waals surface area contributed by atoms with Crippen molar-refractivity contribution in [3.05, 3.63) is 35.4 Å². The number of nitrogens with zero attached hydrogens (tertiary/aromatic N) is 2. The van der Waals surface area contributed by atoms with Crippen LogP contribution in [-0.2, 0) is 0 Å². The quantitative estimate of drug-likeness (QED) is 0.902. The van der Waals surface area contributed by atoms with Crippen molar-refractivity contribution < 1.29 is 8.91 Å². The molecule has 0 aliphatic carbocycles. The van der Waals surface area contributed by atoms with E-state index in [2.05, 4.69) is 15.5 Å². The molecule has 0 spiro atoms. The summed E-state index contributed by atoms with van der Waals surface area (Å²) < 4.78 is 18.8. The number of benzene rings is 1. The van der Waals surface area contributed by atoms with E-state index >= 15 is 0 Å². The molecule has 0 bridgehead atoms. The second kappa shape index (κ2) is 5.09. The number of hydrogen-bond donors (Lipinski definition) is 1. The molecule has 1 aromatic heterocycles. The molecule has 4 nitrogen and oxygen atoms in total. The summed E-state index contributed by atoms with van der Waals surface area (Å²) in [7, 11) is 0. The third-order valence-corrected chi connectivity index (χ3v) is 3.48. The van der Waals surface area contributed by atoms with Crippen LogP contribution in [0.4, 0.5) is 4.39 Å². The van der Waals surface area contributed by atoms with Crippen molar-refractivity contribution in [1.82, 2.24) is 15.5 Å². The van der Waals surface area contributed by atoms with E-state index in [1.165, 1.54) is 18.9 Å². The van der Waals surface area contributed by atoms with E-state index < -0.39 is 0 Å². The van der Waals surface area contributed by atoms with Gasteiger partial charge in [0, 0.05) is 5.56 Å². The summed E-state index contributed by atoms with van der Waals surface area (Å²) >= 11 is 0. The molecule has 1 fully saturated rings. The first-order valence-electron chi connectivity index (χ1n) is 6.57. The van der Waals surface area contributed by atoms with Crippen molar-refractivity contribution in [3.8, 4) is 11.5 Å². The van der Waals surface area contributed by atoms with Crippen molar-refractivity contribution in [2.75, 3.05) is 6.54 Å². The first kappa shape index (κ1) is 12.3. The zero-order valence-corrected chi connectivity index (χ0v) is 10.8. The number of nitrogens with one attached hydrogen (secondary N) is 1. The van der Waals surface area contributed by atoms with Gasteiger partial charge in [-0.1, -0.05) is 17.6 Å². The van der Waals surface area contributed by atoms with Gasteiger partial charge in [0.25, 0.3) is 5.89 Å². The smallest absolute Gasteiger partial charge is 0.258 e. The molecular weight excluding hydrogens is 245 g/mol. The molecule has 100 valence electrons. The summed E-state index contributed by atoms with van der Waals surface area (Å²) in [5.74, 6) is 0.782. The Labute approximate surface area is 111 Å². The fraction of sp³-hybridized carbons (Fsp3) is 0.429. The Balaban J connectivity index is 1.85. The summed E-state index contributed by atoms with van der Waals surface area (Å²) in [5, 5.41) is 7.36. The fourth-order valence-corrected chi connectivity index (χ4v) is 2.29. The molecule has 1 aliphatic rings.